The fourth-order valence-electron chi connectivity index (χ4n) is 2.05. The van der Waals surface area contributed by atoms with Crippen LogP contribution in [0.4, 0.5) is 0 Å². The molecule has 4 heteroatoms. The maximum absolute atomic E-state index is 12.3. The molecule has 0 amide bonds. The molecule has 0 unspecified atom stereocenters. The van der Waals surface area contributed by atoms with Crippen LogP contribution in [-0.2, 0) is 19.0 Å². The molecule has 0 aromatic rings. The lowest BCUT2D eigenvalue weighted by Gasteiger charge is -2.28. The number of carbonyl (C=O) groups is 1. The fraction of sp³-hybridized carbons (Fsp3) is 0.944. The Morgan fingerprint density at radius 1 is 0.727 bits per heavy atom. The molecule has 0 aromatic heterocycles. The number of ether oxygens (including phenoxy) is 3. The Morgan fingerprint density at radius 3 is 1.55 bits per heavy atom. The van der Waals surface area contributed by atoms with E-state index < -0.39 is 11.8 Å². The first kappa shape index (κ1) is 21.4. The second-order valence-electron chi connectivity index (χ2n) is 5.90. The van der Waals surface area contributed by atoms with Crippen LogP contribution in [0.25, 0.3) is 0 Å². The van der Waals surface area contributed by atoms with Crippen molar-refractivity contribution in [1.29, 1.82) is 0 Å². The van der Waals surface area contributed by atoms with Crippen LogP contribution in [0, 0.1) is 0 Å². The zero-order chi connectivity index (χ0) is 16.7. The van der Waals surface area contributed by atoms with Gasteiger partial charge in [0.25, 0.3) is 5.79 Å². The predicted octanol–water partition coefficient (Wildman–Crippen LogP) is 4.85. The summed E-state index contributed by atoms with van der Waals surface area (Å²) < 4.78 is 16.8. The van der Waals surface area contributed by atoms with Gasteiger partial charge in [0.1, 0.15) is 0 Å². The average Bonchev–Trinajstić information content (AvgIpc) is 2.52. The van der Waals surface area contributed by atoms with E-state index in [1.807, 2.05) is 0 Å². The standard InChI is InChI=1S/C18H36O4/c1-5-8-11-14-20-17(19)18(4,21-15-12-9-6-2)22-16-13-10-7-3/h5-16H2,1-4H3. The Labute approximate surface area is 136 Å². The van der Waals surface area contributed by atoms with Crippen LogP contribution in [-0.4, -0.2) is 31.6 Å². The van der Waals surface area contributed by atoms with Gasteiger partial charge in [0.2, 0.25) is 0 Å². The molecule has 0 heterocycles. The Bertz CT molecular complexity index is 254. The first-order valence-electron chi connectivity index (χ1n) is 9.05. The summed E-state index contributed by atoms with van der Waals surface area (Å²) in [5.41, 5.74) is 0. The molecule has 0 atom stereocenters. The van der Waals surface area contributed by atoms with Gasteiger partial charge in [0.15, 0.2) is 0 Å². The number of unbranched alkanes of at least 4 members (excludes halogenated alkanes) is 6. The number of hydrogen-bond acceptors (Lipinski definition) is 4. The minimum Gasteiger partial charge on any atom is -0.462 e. The van der Waals surface area contributed by atoms with E-state index in [9.17, 15) is 4.79 Å². The van der Waals surface area contributed by atoms with Crippen molar-refractivity contribution < 1.29 is 19.0 Å². The van der Waals surface area contributed by atoms with E-state index in [0.717, 1.165) is 57.8 Å². The van der Waals surface area contributed by atoms with Gasteiger partial charge >= 0.3 is 5.97 Å². The Balaban J connectivity index is 4.30. The molecular formula is C18H36O4. The summed E-state index contributed by atoms with van der Waals surface area (Å²) in [6.45, 7) is 9.60. The second-order valence-corrected chi connectivity index (χ2v) is 5.90. The summed E-state index contributed by atoms with van der Waals surface area (Å²) in [6.07, 6.45) is 9.38. The molecular weight excluding hydrogens is 280 g/mol. The van der Waals surface area contributed by atoms with Crippen molar-refractivity contribution in [3.05, 3.63) is 0 Å². The maximum atomic E-state index is 12.3. The molecule has 0 aromatic carbocycles. The van der Waals surface area contributed by atoms with Crippen LogP contribution < -0.4 is 0 Å². The molecule has 0 N–H and O–H groups in total. The zero-order valence-corrected chi connectivity index (χ0v) is 15.1. The molecule has 132 valence electrons. The quantitative estimate of drug-likeness (QED) is 0.246. The summed E-state index contributed by atoms with van der Waals surface area (Å²) in [5.74, 6) is -1.65. The highest BCUT2D eigenvalue weighted by Crippen LogP contribution is 2.17. The molecule has 0 aliphatic carbocycles. The third kappa shape index (κ3) is 10.2. The highest BCUT2D eigenvalue weighted by Gasteiger charge is 2.37. The van der Waals surface area contributed by atoms with E-state index in [1.54, 1.807) is 6.92 Å². The number of carbonyl (C=O) groups excluding carboxylic acids is 1. The van der Waals surface area contributed by atoms with E-state index in [0.29, 0.717) is 19.8 Å². The maximum Gasteiger partial charge on any atom is 0.366 e. The number of esters is 1. The first-order valence-corrected chi connectivity index (χ1v) is 9.05. The molecule has 0 rings (SSSR count). The van der Waals surface area contributed by atoms with Crippen molar-refractivity contribution in [3.8, 4) is 0 Å². The van der Waals surface area contributed by atoms with Gasteiger partial charge < -0.3 is 14.2 Å². The second kappa shape index (κ2) is 14.0. The summed E-state index contributed by atoms with van der Waals surface area (Å²) in [6, 6.07) is 0. The summed E-state index contributed by atoms with van der Waals surface area (Å²) in [7, 11) is 0. The first-order chi connectivity index (χ1) is 10.6. The Kier molecular flexibility index (Phi) is 13.6. The Hall–Kier alpha value is -0.610. The molecule has 4 nitrogen and oxygen atoms in total. The SMILES string of the molecule is CCCCCOC(=O)C(C)(OCCCCC)OCCCCC. The monoisotopic (exact) mass is 316 g/mol. The van der Waals surface area contributed by atoms with E-state index in [-0.39, 0.29) is 0 Å². The summed E-state index contributed by atoms with van der Waals surface area (Å²) in [4.78, 5) is 12.3. The molecule has 0 fully saturated rings. The molecule has 0 bridgehead atoms. The molecule has 0 saturated heterocycles. The van der Waals surface area contributed by atoms with E-state index in [2.05, 4.69) is 20.8 Å². The Morgan fingerprint density at radius 2 is 1.14 bits per heavy atom. The van der Waals surface area contributed by atoms with Crippen molar-refractivity contribution in [2.24, 2.45) is 0 Å². The normalized spacial score (nSPS) is 11.6. The van der Waals surface area contributed by atoms with Crippen molar-refractivity contribution in [3.63, 3.8) is 0 Å². The van der Waals surface area contributed by atoms with Crippen LogP contribution in [0.1, 0.15) is 85.5 Å². The minimum atomic E-state index is -1.26. The van der Waals surface area contributed by atoms with Gasteiger partial charge in [-0.3, -0.25) is 0 Å². The highest BCUT2D eigenvalue weighted by molar-refractivity contribution is 5.77. The van der Waals surface area contributed by atoms with Gasteiger partial charge in [0, 0.05) is 6.92 Å². The molecule has 0 aliphatic heterocycles. The molecule has 0 aliphatic rings. The largest absolute Gasteiger partial charge is 0.462 e. The topological polar surface area (TPSA) is 44.8 Å². The molecule has 0 saturated carbocycles. The lowest BCUT2D eigenvalue weighted by atomic mass is 10.2. The lowest BCUT2D eigenvalue weighted by Crippen LogP contribution is -2.43. The van der Waals surface area contributed by atoms with E-state index in [4.69, 9.17) is 14.2 Å². The fourth-order valence-corrected chi connectivity index (χ4v) is 2.05. The van der Waals surface area contributed by atoms with Gasteiger partial charge in [-0.05, 0) is 19.3 Å². The van der Waals surface area contributed by atoms with Crippen molar-refractivity contribution in [1.82, 2.24) is 0 Å². The minimum absolute atomic E-state index is 0.392. The number of rotatable bonds is 15. The van der Waals surface area contributed by atoms with Crippen LogP contribution in [0.15, 0.2) is 0 Å². The average molecular weight is 316 g/mol. The van der Waals surface area contributed by atoms with Gasteiger partial charge in [-0.25, -0.2) is 4.79 Å². The highest BCUT2D eigenvalue weighted by atomic mass is 16.7. The van der Waals surface area contributed by atoms with Crippen LogP contribution in [0.2, 0.25) is 0 Å². The zero-order valence-electron chi connectivity index (χ0n) is 15.1. The van der Waals surface area contributed by atoms with E-state index >= 15 is 0 Å². The van der Waals surface area contributed by atoms with E-state index in [1.165, 1.54) is 0 Å². The molecule has 0 radical (unpaired) electrons. The summed E-state index contributed by atoms with van der Waals surface area (Å²) >= 11 is 0. The van der Waals surface area contributed by atoms with Crippen molar-refractivity contribution in [2.75, 3.05) is 19.8 Å². The molecule has 22 heavy (non-hydrogen) atoms. The van der Waals surface area contributed by atoms with Gasteiger partial charge in [-0.2, -0.15) is 0 Å². The lowest BCUT2D eigenvalue weighted by molar-refractivity contribution is -0.241. The van der Waals surface area contributed by atoms with Crippen molar-refractivity contribution in [2.45, 2.75) is 91.3 Å². The third-order valence-electron chi connectivity index (χ3n) is 3.60. The summed E-state index contributed by atoms with van der Waals surface area (Å²) in [5, 5.41) is 0. The van der Waals surface area contributed by atoms with Gasteiger partial charge in [-0.15, -0.1) is 0 Å². The molecule has 0 spiro atoms. The smallest absolute Gasteiger partial charge is 0.366 e. The van der Waals surface area contributed by atoms with Crippen LogP contribution in [0.5, 0.6) is 0 Å². The number of hydrogen-bond donors (Lipinski definition) is 0. The predicted molar refractivity (Wildman–Crippen MR) is 89.8 cm³/mol. The van der Waals surface area contributed by atoms with Gasteiger partial charge in [0.05, 0.1) is 19.8 Å². The van der Waals surface area contributed by atoms with Gasteiger partial charge in [-0.1, -0.05) is 59.3 Å². The van der Waals surface area contributed by atoms with Crippen molar-refractivity contribution >= 4 is 5.97 Å². The third-order valence-corrected chi connectivity index (χ3v) is 3.60. The van der Waals surface area contributed by atoms with Crippen LogP contribution >= 0.6 is 0 Å². The van der Waals surface area contributed by atoms with Crippen LogP contribution in [0.3, 0.4) is 0 Å².